The number of aliphatic hydroxyl groups excluding tert-OH is 1. The van der Waals surface area contributed by atoms with Crippen LogP contribution < -0.4 is 0 Å². The van der Waals surface area contributed by atoms with E-state index >= 15 is 0 Å². The van der Waals surface area contributed by atoms with Crippen molar-refractivity contribution in [2.75, 3.05) is 0 Å². The molecule has 2 N–H and O–H groups in total. The van der Waals surface area contributed by atoms with Crippen LogP contribution in [0.1, 0.15) is 26.7 Å². The molecule has 0 rings (SSSR count). The standard InChI is InChI=1S/C9H16O2/c1-8(2)7-9(3,11)5-4-6-10/h4,6,10-11H,1,5,7H2,2-3H3. The first kappa shape index (κ1) is 10.2. The molecule has 0 aromatic rings. The molecule has 0 heterocycles. The monoisotopic (exact) mass is 156 g/mol. The van der Waals surface area contributed by atoms with Gasteiger partial charge in [-0.3, -0.25) is 0 Å². The van der Waals surface area contributed by atoms with Crippen LogP contribution in [0.15, 0.2) is 24.5 Å². The molecular formula is C9H16O2. The van der Waals surface area contributed by atoms with E-state index in [1.165, 1.54) is 6.08 Å². The summed E-state index contributed by atoms with van der Waals surface area (Å²) in [5.41, 5.74) is 0.173. The summed E-state index contributed by atoms with van der Waals surface area (Å²) in [6, 6.07) is 0. The summed E-state index contributed by atoms with van der Waals surface area (Å²) in [5, 5.41) is 17.9. The number of hydrogen-bond acceptors (Lipinski definition) is 2. The number of rotatable bonds is 4. The predicted molar refractivity (Wildman–Crippen MR) is 46.4 cm³/mol. The summed E-state index contributed by atoms with van der Waals surface area (Å²) in [7, 11) is 0. The van der Waals surface area contributed by atoms with Gasteiger partial charge in [-0.15, -0.1) is 6.58 Å². The highest BCUT2D eigenvalue weighted by atomic mass is 16.3. The van der Waals surface area contributed by atoms with Crippen molar-refractivity contribution in [3.8, 4) is 0 Å². The van der Waals surface area contributed by atoms with Gasteiger partial charge in [0.25, 0.3) is 0 Å². The Bertz CT molecular complexity index is 157. The van der Waals surface area contributed by atoms with Crippen LogP contribution >= 0.6 is 0 Å². The highest BCUT2D eigenvalue weighted by Gasteiger charge is 2.17. The van der Waals surface area contributed by atoms with E-state index in [2.05, 4.69) is 6.58 Å². The Morgan fingerprint density at radius 1 is 1.64 bits per heavy atom. The molecule has 0 saturated carbocycles. The molecule has 2 heteroatoms. The molecule has 2 nitrogen and oxygen atoms in total. The van der Waals surface area contributed by atoms with Crippen LogP contribution in [0.2, 0.25) is 0 Å². The average Bonchev–Trinajstić information content (AvgIpc) is 1.81. The molecular weight excluding hydrogens is 140 g/mol. The van der Waals surface area contributed by atoms with E-state index in [0.717, 1.165) is 11.8 Å². The second-order valence-corrected chi connectivity index (χ2v) is 3.22. The lowest BCUT2D eigenvalue weighted by Gasteiger charge is -2.21. The van der Waals surface area contributed by atoms with E-state index in [4.69, 9.17) is 5.11 Å². The highest BCUT2D eigenvalue weighted by molar-refractivity contribution is 4.98. The fourth-order valence-electron chi connectivity index (χ4n) is 1.03. The van der Waals surface area contributed by atoms with E-state index in [1.807, 2.05) is 6.92 Å². The average molecular weight is 156 g/mol. The number of hydrogen-bond donors (Lipinski definition) is 2. The van der Waals surface area contributed by atoms with Crippen LogP contribution in [0.4, 0.5) is 0 Å². The first-order chi connectivity index (χ1) is 4.98. The van der Waals surface area contributed by atoms with E-state index in [-0.39, 0.29) is 0 Å². The van der Waals surface area contributed by atoms with Gasteiger partial charge in [-0.1, -0.05) is 5.57 Å². The largest absolute Gasteiger partial charge is 0.516 e. The maximum atomic E-state index is 9.59. The third-order valence-electron chi connectivity index (χ3n) is 1.35. The van der Waals surface area contributed by atoms with Crippen LogP contribution in [-0.2, 0) is 0 Å². The molecule has 0 radical (unpaired) electrons. The molecule has 0 aromatic carbocycles. The van der Waals surface area contributed by atoms with Gasteiger partial charge in [0.2, 0.25) is 0 Å². The SMILES string of the molecule is C=C(C)CC(C)(O)CC=CO. The molecule has 11 heavy (non-hydrogen) atoms. The summed E-state index contributed by atoms with van der Waals surface area (Å²) < 4.78 is 0. The maximum absolute atomic E-state index is 9.59. The van der Waals surface area contributed by atoms with Gasteiger partial charge in [-0.2, -0.15) is 0 Å². The Kier molecular flexibility index (Phi) is 3.90. The highest BCUT2D eigenvalue weighted by Crippen LogP contribution is 2.18. The summed E-state index contributed by atoms with van der Waals surface area (Å²) >= 11 is 0. The zero-order valence-electron chi connectivity index (χ0n) is 7.17. The molecule has 0 aliphatic rings. The molecule has 0 bridgehead atoms. The summed E-state index contributed by atoms with van der Waals surface area (Å²) in [6.07, 6.45) is 3.50. The van der Waals surface area contributed by atoms with Crippen molar-refractivity contribution in [3.63, 3.8) is 0 Å². The van der Waals surface area contributed by atoms with Crippen molar-refractivity contribution in [3.05, 3.63) is 24.5 Å². The van der Waals surface area contributed by atoms with E-state index in [0.29, 0.717) is 12.8 Å². The Morgan fingerprint density at radius 2 is 2.18 bits per heavy atom. The van der Waals surface area contributed by atoms with Gasteiger partial charge in [0.05, 0.1) is 11.9 Å². The first-order valence-corrected chi connectivity index (χ1v) is 3.64. The van der Waals surface area contributed by atoms with E-state index in [9.17, 15) is 5.11 Å². The summed E-state index contributed by atoms with van der Waals surface area (Å²) in [4.78, 5) is 0. The molecule has 0 aliphatic heterocycles. The van der Waals surface area contributed by atoms with Crippen LogP contribution in [0.3, 0.4) is 0 Å². The molecule has 64 valence electrons. The Morgan fingerprint density at radius 3 is 2.55 bits per heavy atom. The van der Waals surface area contributed by atoms with Crippen LogP contribution in [0, 0.1) is 0 Å². The second kappa shape index (κ2) is 4.19. The smallest absolute Gasteiger partial charge is 0.0752 e. The van der Waals surface area contributed by atoms with Crippen LogP contribution in [0.25, 0.3) is 0 Å². The second-order valence-electron chi connectivity index (χ2n) is 3.22. The van der Waals surface area contributed by atoms with Crippen molar-refractivity contribution in [1.82, 2.24) is 0 Å². The third kappa shape index (κ3) is 5.67. The third-order valence-corrected chi connectivity index (χ3v) is 1.35. The minimum atomic E-state index is -0.773. The predicted octanol–water partition coefficient (Wildman–Crippen LogP) is 2.17. The molecule has 0 saturated heterocycles. The lowest BCUT2D eigenvalue weighted by atomic mass is 9.95. The van der Waals surface area contributed by atoms with Crippen molar-refractivity contribution < 1.29 is 10.2 Å². The Balaban J connectivity index is 3.89. The Hall–Kier alpha value is -0.760. The van der Waals surface area contributed by atoms with Crippen molar-refractivity contribution in [1.29, 1.82) is 0 Å². The zero-order chi connectivity index (χ0) is 8.91. The van der Waals surface area contributed by atoms with Gasteiger partial charge < -0.3 is 10.2 Å². The number of aliphatic hydroxyl groups is 2. The van der Waals surface area contributed by atoms with Crippen molar-refractivity contribution in [2.24, 2.45) is 0 Å². The summed E-state index contributed by atoms with van der Waals surface area (Å²) in [6.45, 7) is 7.30. The van der Waals surface area contributed by atoms with Gasteiger partial charge in [0.15, 0.2) is 0 Å². The Labute approximate surface area is 67.9 Å². The minimum Gasteiger partial charge on any atom is -0.516 e. The molecule has 0 fully saturated rings. The zero-order valence-corrected chi connectivity index (χ0v) is 7.17. The molecule has 0 aliphatic carbocycles. The molecule has 0 aromatic heterocycles. The van der Waals surface area contributed by atoms with Crippen LogP contribution in [0.5, 0.6) is 0 Å². The van der Waals surface area contributed by atoms with E-state index in [1.54, 1.807) is 6.92 Å². The summed E-state index contributed by atoms with van der Waals surface area (Å²) in [5.74, 6) is 0. The van der Waals surface area contributed by atoms with Crippen LogP contribution in [-0.4, -0.2) is 15.8 Å². The fraction of sp³-hybridized carbons (Fsp3) is 0.556. The van der Waals surface area contributed by atoms with Crippen molar-refractivity contribution >= 4 is 0 Å². The molecule has 0 amide bonds. The normalized spacial score (nSPS) is 16.6. The molecule has 1 atom stereocenters. The topological polar surface area (TPSA) is 40.5 Å². The van der Waals surface area contributed by atoms with Gasteiger partial charge >= 0.3 is 0 Å². The quantitative estimate of drug-likeness (QED) is 0.483. The van der Waals surface area contributed by atoms with Gasteiger partial charge in [-0.25, -0.2) is 0 Å². The first-order valence-electron chi connectivity index (χ1n) is 3.64. The fourth-order valence-corrected chi connectivity index (χ4v) is 1.03. The lowest BCUT2D eigenvalue weighted by molar-refractivity contribution is 0.0633. The molecule has 0 spiro atoms. The van der Waals surface area contributed by atoms with Gasteiger partial charge in [0, 0.05) is 0 Å². The molecule has 1 unspecified atom stereocenters. The van der Waals surface area contributed by atoms with E-state index < -0.39 is 5.60 Å². The lowest BCUT2D eigenvalue weighted by Crippen LogP contribution is -2.22. The maximum Gasteiger partial charge on any atom is 0.0752 e. The van der Waals surface area contributed by atoms with Gasteiger partial charge in [-0.05, 0) is 32.8 Å². The van der Waals surface area contributed by atoms with Gasteiger partial charge in [0.1, 0.15) is 0 Å². The van der Waals surface area contributed by atoms with Crippen molar-refractivity contribution in [2.45, 2.75) is 32.3 Å². The minimum absolute atomic E-state index is 0.455.